The van der Waals surface area contributed by atoms with Gasteiger partial charge < -0.3 is 19.0 Å². The highest BCUT2D eigenvalue weighted by molar-refractivity contribution is 6.02. The minimum absolute atomic E-state index is 0.237. The van der Waals surface area contributed by atoms with Crippen LogP contribution in [-0.4, -0.2) is 61.4 Å². The van der Waals surface area contributed by atoms with Crippen LogP contribution in [-0.2, 0) is 14.4 Å². The van der Waals surface area contributed by atoms with Gasteiger partial charge in [0.25, 0.3) is 5.91 Å². The van der Waals surface area contributed by atoms with Gasteiger partial charge in [-0.2, -0.15) is 5.10 Å². The molecule has 2 amide bonds. The molecule has 3 rings (SSSR count). The van der Waals surface area contributed by atoms with Crippen molar-refractivity contribution in [3.05, 3.63) is 53.6 Å². The molecule has 2 aromatic carbocycles. The molecule has 204 valence electrons. The lowest BCUT2D eigenvalue weighted by Gasteiger charge is -2.23. The Kier molecular flexibility index (Phi) is 10.1. The molecule has 2 aromatic rings. The smallest absolute Gasteiger partial charge is 0.412 e. The summed E-state index contributed by atoms with van der Waals surface area (Å²) in [6, 6.07) is 12.6. The summed E-state index contributed by atoms with van der Waals surface area (Å²) in [5, 5.41) is 12.5. The molecule has 0 saturated carbocycles. The Morgan fingerprint density at radius 3 is 2.58 bits per heavy atom. The molecule has 0 spiro atoms. The Morgan fingerprint density at radius 1 is 1.13 bits per heavy atom. The van der Waals surface area contributed by atoms with Gasteiger partial charge in [0.15, 0.2) is 18.1 Å². The number of oxime groups is 1. The third-order valence-electron chi connectivity index (χ3n) is 5.29. The lowest BCUT2D eigenvalue weighted by Crippen LogP contribution is -2.34. The largest absolute Gasteiger partial charge is 0.493 e. The number of benzene rings is 2. The average Bonchev–Trinajstić information content (AvgIpc) is 2.89. The molecule has 0 bridgehead atoms. The first-order chi connectivity index (χ1) is 18.2. The molecule has 0 aromatic heterocycles. The molecule has 0 fully saturated rings. The quantitative estimate of drug-likeness (QED) is 0.337. The molecular formula is C28H36N4O6. The van der Waals surface area contributed by atoms with E-state index in [2.05, 4.69) is 15.6 Å². The summed E-state index contributed by atoms with van der Waals surface area (Å²) in [5.41, 5.74) is 2.45. The van der Waals surface area contributed by atoms with E-state index in [0.717, 1.165) is 36.1 Å². The molecule has 1 heterocycles. The van der Waals surface area contributed by atoms with Gasteiger partial charge in [0.1, 0.15) is 5.60 Å². The molecule has 10 nitrogen and oxygen atoms in total. The van der Waals surface area contributed by atoms with Crippen molar-refractivity contribution < 1.29 is 28.6 Å². The molecule has 10 heteroatoms. The maximum Gasteiger partial charge on any atom is 0.412 e. The summed E-state index contributed by atoms with van der Waals surface area (Å²) in [4.78, 5) is 29.7. The second kappa shape index (κ2) is 13.5. The number of amides is 2. The number of anilines is 1. The number of rotatable bonds is 10. The van der Waals surface area contributed by atoms with E-state index in [1.54, 1.807) is 52.1 Å². The SMILES string of the molecule is CCCOc1cc(C2=NN(C(=O)CON=Cc3ccc(NC(=O)OC(C)(C)C)cc3)CCC2)ccc1OC. The van der Waals surface area contributed by atoms with Crippen molar-refractivity contribution in [1.82, 2.24) is 5.01 Å². The van der Waals surface area contributed by atoms with E-state index in [1.165, 1.54) is 11.2 Å². The number of hydrazone groups is 1. The van der Waals surface area contributed by atoms with Crippen LogP contribution in [0.2, 0.25) is 0 Å². The van der Waals surface area contributed by atoms with E-state index in [9.17, 15) is 9.59 Å². The minimum atomic E-state index is -0.574. The maximum atomic E-state index is 12.7. The number of hydrogen-bond acceptors (Lipinski definition) is 8. The summed E-state index contributed by atoms with van der Waals surface area (Å²) in [6.45, 7) is 8.30. The molecular weight excluding hydrogens is 488 g/mol. The molecule has 0 unspecified atom stereocenters. The van der Waals surface area contributed by atoms with Crippen LogP contribution in [0, 0.1) is 0 Å². The van der Waals surface area contributed by atoms with E-state index < -0.39 is 11.7 Å². The molecule has 0 aliphatic carbocycles. The number of ether oxygens (including phenoxy) is 3. The third kappa shape index (κ3) is 8.79. The second-order valence-electron chi connectivity index (χ2n) is 9.64. The summed E-state index contributed by atoms with van der Waals surface area (Å²) >= 11 is 0. The average molecular weight is 525 g/mol. The fourth-order valence-electron chi connectivity index (χ4n) is 3.54. The number of carbonyl (C=O) groups excluding carboxylic acids is 2. The van der Waals surface area contributed by atoms with E-state index in [0.29, 0.717) is 30.3 Å². The minimum Gasteiger partial charge on any atom is -0.493 e. The van der Waals surface area contributed by atoms with Gasteiger partial charge in [-0.05, 0) is 75.9 Å². The Balaban J connectivity index is 1.53. The van der Waals surface area contributed by atoms with E-state index in [-0.39, 0.29) is 12.5 Å². The van der Waals surface area contributed by atoms with Crippen LogP contribution in [0.1, 0.15) is 58.1 Å². The van der Waals surface area contributed by atoms with Crippen LogP contribution in [0.25, 0.3) is 0 Å². The van der Waals surface area contributed by atoms with Gasteiger partial charge in [0, 0.05) is 17.8 Å². The van der Waals surface area contributed by atoms with Crippen LogP contribution < -0.4 is 14.8 Å². The first-order valence-corrected chi connectivity index (χ1v) is 12.6. The van der Waals surface area contributed by atoms with Crippen molar-refractivity contribution in [3.8, 4) is 11.5 Å². The van der Waals surface area contributed by atoms with Crippen molar-refractivity contribution in [2.24, 2.45) is 10.3 Å². The van der Waals surface area contributed by atoms with Crippen molar-refractivity contribution in [1.29, 1.82) is 0 Å². The Morgan fingerprint density at radius 2 is 1.89 bits per heavy atom. The number of nitrogens with one attached hydrogen (secondary N) is 1. The first-order valence-electron chi connectivity index (χ1n) is 12.6. The van der Waals surface area contributed by atoms with Gasteiger partial charge in [0.2, 0.25) is 0 Å². The molecule has 0 radical (unpaired) electrons. The van der Waals surface area contributed by atoms with Crippen LogP contribution in [0.5, 0.6) is 11.5 Å². The van der Waals surface area contributed by atoms with Crippen molar-refractivity contribution >= 4 is 29.6 Å². The van der Waals surface area contributed by atoms with E-state index in [1.807, 2.05) is 25.1 Å². The fraction of sp³-hybridized carbons (Fsp3) is 0.429. The lowest BCUT2D eigenvalue weighted by molar-refractivity contribution is -0.136. The Labute approximate surface area is 223 Å². The predicted molar refractivity (Wildman–Crippen MR) is 146 cm³/mol. The zero-order chi connectivity index (χ0) is 27.5. The second-order valence-corrected chi connectivity index (χ2v) is 9.64. The molecule has 1 aliphatic rings. The normalized spacial score (nSPS) is 13.6. The van der Waals surface area contributed by atoms with E-state index >= 15 is 0 Å². The number of methoxy groups -OCH3 is 1. The van der Waals surface area contributed by atoms with Gasteiger partial charge in [-0.25, -0.2) is 9.80 Å². The van der Waals surface area contributed by atoms with E-state index in [4.69, 9.17) is 19.0 Å². The first kappa shape index (κ1) is 28.5. The summed E-state index contributed by atoms with van der Waals surface area (Å²) in [7, 11) is 1.60. The molecule has 1 aliphatic heterocycles. The third-order valence-corrected chi connectivity index (χ3v) is 5.29. The lowest BCUT2D eigenvalue weighted by atomic mass is 10.0. The zero-order valence-electron chi connectivity index (χ0n) is 22.7. The van der Waals surface area contributed by atoms with Crippen LogP contribution in [0.15, 0.2) is 52.7 Å². The zero-order valence-corrected chi connectivity index (χ0v) is 22.7. The Hall–Kier alpha value is -4.08. The molecule has 1 N–H and O–H groups in total. The molecule has 0 saturated heterocycles. The summed E-state index contributed by atoms with van der Waals surface area (Å²) in [5.74, 6) is 1.03. The van der Waals surface area contributed by atoms with Gasteiger partial charge in [-0.15, -0.1) is 0 Å². The fourth-order valence-corrected chi connectivity index (χ4v) is 3.54. The number of hydrogen-bond donors (Lipinski definition) is 1. The predicted octanol–water partition coefficient (Wildman–Crippen LogP) is 5.21. The monoisotopic (exact) mass is 524 g/mol. The highest BCUT2D eigenvalue weighted by Crippen LogP contribution is 2.29. The van der Waals surface area contributed by atoms with Crippen LogP contribution >= 0.6 is 0 Å². The summed E-state index contributed by atoms with van der Waals surface area (Å²) in [6.07, 6.45) is 3.39. The number of nitrogens with zero attached hydrogens (tertiary/aromatic N) is 3. The van der Waals surface area contributed by atoms with Crippen molar-refractivity contribution in [2.75, 3.05) is 32.2 Å². The topological polar surface area (TPSA) is 111 Å². The van der Waals surface area contributed by atoms with Crippen LogP contribution in [0.3, 0.4) is 0 Å². The molecule has 0 atom stereocenters. The standard InChI is InChI=1S/C28H36N4O6/c1-6-16-36-25-17-21(11-14-24(25)35-5)23-8-7-15-32(31-23)26(33)19-37-29-18-20-9-12-22(13-10-20)30-27(34)38-28(2,3)4/h9-14,17-18H,6-8,15-16,19H2,1-5H3,(H,30,34). The van der Waals surface area contributed by atoms with Crippen LogP contribution in [0.4, 0.5) is 10.5 Å². The Bertz CT molecular complexity index is 1150. The van der Waals surface area contributed by atoms with Gasteiger partial charge in [-0.1, -0.05) is 24.2 Å². The summed E-state index contributed by atoms with van der Waals surface area (Å²) < 4.78 is 16.4. The highest BCUT2D eigenvalue weighted by Gasteiger charge is 2.21. The maximum absolute atomic E-state index is 12.7. The van der Waals surface area contributed by atoms with Gasteiger partial charge >= 0.3 is 6.09 Å². The van der Waals surface area contributed by atoms with Crippen molar-refractivity contribution in [3.63, 3.8) is 0 Å². The van der Waals surface area contributed by atoms with Gasteiger partial charge in [-0.3, -0.25) is 10.1 Å². The van der Waals surface area contributed by atoms with Gasteiger partial charge in [0.05, 0.1) is 25.6 Å². The number of carbonyl (C=O) groups is 2. The highest BCUT2D eigenvalue weighted by atomic mass is 16.6. The molecule has 38 heavy (non-hydrogen) atoms. The van der Waals surface area contributed by atoms with Crippen molar-refractivity contribution in [2.45, 2.75) is 52.6 Å².